The summed E-state index contributed by atoms with van der Waals surface area (Å²) < 4.78 is 4.72. The Morgan fingerprint density at radius 2 is 2.06 bits per heavy atom. The molecule has 1 heterocycles. The largest absolute Gasteiger partial charge is 0.465 e. The van der Waals surface area contributed by atoms with E-state index in [-0.39, 0.29) is 5.91 Å². The lowest BCUT2D eigenvalue weighted by molar-refractivity contribution is -0.113. The number of anilines is 1. The van der Waals surface area contributed by atoms with Crippen molar-refractivity contribution in [2.45, 2.75) is 13.8 Å². The Morgan fingerprint density at radius 1 is 1.41 bits per heavy atom. The molecule has 4 nitrogen and oxygen atoms in total. The van der Waals surface area contributed by atoms with Gasteiger partial charge in [0.2, 0.25) is 5.91 Å². The van der Waals surface area contributed by atoms with E-state index in [1.807, 2.05) is 20.1 Å². The van der Waals surface area contributed by atoms with Gasteiger partial charge in [-0.2, -0.15) is 11.8 Å². The van der Waals surface area contributed by atoms with E-state index in [9.17, 15) is 9.59 Å². The van der Waals surface area contributed by atoms with Crippen LogP contribution in [0.2, 0.25) is 0 Å². The number of aryl methyl sites for hydroxylation is 1. The van der Waals surface area contributed by atoms with E-state index in [1.54, 1.807) is 0 Å². The smallest absolute Gasteiger partial charge is 0.341 e. The number of hydrogen-bond donors (Lipinski definition) is 1. The number of hydrogen-bond acceptors (Lipinski definition) is 5. The van der Waals surface area contributed by atoms with Crippen molar-refractivity contribution in [3.8, 4) is 0 Å². The highest BCUT2D eigenvalue weighted by Gasteiger charge is 2.21. The minimum absolute atomic E-state index is 0.107. The van der Waals surface area contributed by atoms with Crippen molar-refractivity contribution in [2.75, 3.05) is 24.4 Å². The zero-order valence-electron chi connectivity index (χ0n) is 10.2. The fraction of sp³-hybridized carbons (Fsp3) is 0.455. The SMILES string of the molecule is COC(=O)c1c(NC(=O)CSC)sc(C)c1C. The molecule has 0 aliphatic heterocycles. The molecule has 0 unspecified atom stereocenters. The maximum absolute atomic E-state index is 11.6. The third kappa shape index (κ3) is 3.23. The molecule has 0 spiro atoms. The van der Waals surface area contributed by atoms with Crippen LogP contribution in [-0.2, 0) is 9.53 Å². The minimum atomic E-state index is -0.411. The number of nitrogens with one attached hydrogen (secondary N) is 1. The number of rotatable bonds is 4. The quantitative estimate of drug-likeness (QED) is 0.856. The first-order valence-electron chi connectivity index (χ1n) is 4.98. The van der Waals surface area contributed by atoms with Crippen molar-refractivity contribution in [3.05, 3.63) is 16.0 Å². The minimum Gasteiger partial charge on any atom is -0.465 e. The van der Waals surface area contributed by atoms with Gasteiger partial charge in [0.15, 0.2) is 0 Å². The molecule has 17 heavy (non-hydrogen) atoms. The molecule has 0 bridgehead atoms. The monoisotopic (exact) mass is 273 g/mol. The van der Waals surface area contributed by atoms with E-state index < -0.39 is 5.97 Å². The first-order chi connectivity index (χ1) is 8.01. The lowest BCUT2D eigenvalue weighted by Crippen LogP contribution is -2.15. The lowest BCUT2D eigenvalue weighted by Gasteiger charge is -2.05. The van der Waals surface area contributed by atoms with Gasteiger partial charge < -0.3 is 10.1 Å². The first kappa shape index (κ1) is 14.1. The second kappa shape index (κ2) is 6.07. The van der Waals surface area contributed by atoms with Gasteiger partial charge in [-0.1, -0.05) is 0 Å². The van der Waals surface area contributed by atoms with Crippen LogP contribution in [0.4, 0.5) is 5.00 Å². The third-order valence-electron chi connectivity index (χ3n) is 2.30. The van der Waals surface area contributed by atoms with Crippen LogP contribution in [0, 0.1) is 13.8 Å². The topological polar surface area (TPSA) is 55.4 Å². The molecule has 0 atom stereocenters. The summed E-state index contributed by atoms with van der Waals surface area (Å²) in [6.45, 7) is 3.76. The maximum Gasteiger partial charge on any atom is 0.341 e. The Balaban J connectivity index is 3.03. The molecule has 0 saturated carbocycles. The van der Waals surface area contributed by atoms with Gasteiger partial charge in [0.25, 0.3) is 0 Å². The zero-order valence-corrected chi connectivity index (χ0v) is 11.9. The highest BCUT2D eigenvalue weighted by Crippen LogP contribution is 2.32. The van der Waals surface area contributed by atoms with Gasteiger partial charge in [-0.3, -0.25) is 4.79 Å². The second-order valence-electron chi connectivity index (χ2n) is 3.46. The van der Waals surface area contributed by atoms with Gasteiger partial charge in [0.1, 0.15) is 5.00 Å². The van der Waals surface area contributed by atoms with Crippen molar-refractivity contribution in [1.82, 2.24) is 0 Å². The predicted octanol–water partition coefficient (Wildman–Crippen LogP) is 2.45. The zero-order chi connectivity index (χ0) is 13.0. The van der Waals surface area contributed by atoms with Gasteiger partial charge in [-0.05, 0) is 25.7 Å². The van der Waals surface area contributed by atoms with Crippen LogP contribution in [0.15, 0.2) is 0 Å². The van der Waals surface area contributed by atoms with Crippen LogP contribution >= 0.6 is 23.1 Å². The second-order valence-corrected chi connectivity index (χ2v) is 5.55. The number of carbonyl (C=O) groups is 2. The van der Waals surface area contributed by atoms with E-state index in [4.69, 9.17) is 4.74 Å². The van der Waals surface area contributed by atoms with E-state index in [0.717, 1.165) is 10.4 Å². The number of thiophene rings is 1. The van der Waals surface area contributed by atoms with Gasteiger partial charge >= 0.3 is 5.97 Å². The average Bonchev–Trinajstić information content (AvgIpc) is 2.54. The molecule has 94 valence electrons. The first-order valence-corrected chi connectivity index (χ1v) is 7.19. The van der Waals surface area contributed by atoms with Crippen LogP contribution in [0.3, 0.4) is 0 Å². The number of methoxy groups -OCH3 is 1. The Hall–Kier alpha value is -1.01. The molecule has 0 aliphatic carbocycles. The molecular weight excluding hydrogens is 258 g/mol. The summed E-state index contributed by atoms with van der Waals surface area (Å²) in [6.07, 6.45) is 1.85. The van der Waals surface area contributed by atoms with E-state index in [0.29, 0.717) is 16.3 Å². The molecular formula is C11H15NO3S2. The number of thioether (sulfide) groups is 1. The van der Waals surface area contributed by atoms with Crippen LogP contribution < -0.4 is 5.32 Å². The van der Waals surface area contributed by atoms with Gasteiger partial charge in [-0.25, -0.2) is 4.79 Å². The molecule has 0 fully saturated rings. The summed E-state index contributed by atoms with van der Waals surface area (Å²) in [5, 5.41) is 3.32. The van der Waals surface area contributed by atoms with Crippen LogP contribution in [0.5, 0.6) is 0 Å². The highest BCUT2D eigenvalue weighted by atomic mass is 32.2. The third-order valence-corrected chi connectivity index (χ3v) is 3.98. The van der Waals surface area contributed by atoms with Gasteiger partial charge in [0.05, 0.1) is 18.4 Å². The number of ether oxygens (including phenoxy) is 1. The van der Waals surface area contributed by atoms with Crippen LogP contribution in [0.25, 0.3) is 0 Å². The number of carbonyl (C=O) groups excluding carboxylic acids is 2. The van der Waals surface area contributed by atoms with Crippen molar-refractivity contribution in [2.24, 2.45) is 0 Å². The molecule has 0 saturated heterocycles. The van der Waals surface area contributed by atoms with Crippen molar-refractivity contribution in [1.29, 1.82) is 0 Å². The normalized spacial score (nSPS) is 10.1. The molecule has 1 amide bonds. The fourth-order valence-corrected chi connectivity index (χ4v) is 2.76. The molecule has 0 aliphatic rings. The molecule has 1 aromatic rings. The summed E-state index contributed by atoms with van der Waals surface area (Å²) >= 11 is 2.83. The number of esters is 1. The highest BCUT2D eigenvalue weighted by molar-refractivity contribution is 7.99. The van der Waals surface area contributed by atoms with Gasteiger partial charge in [0, 0.05) is 4.88 Å². The summed E-state index contributed by atoms with van der Waals surface area (Å²) in [6, 6.07) is 0. The lowest BCUT2D eigenvalue weighted by atomic mass is 10.1. The Kier molecular flexibility index (Phi) is 5.02. The molecule has 0 radical (unpaired) electrons. The summed E-state index contributed by atoms with van der Waals surface area (Å²) in [7, 11) is 1.34. The Labute approximate surface area is 109 Å². The Bertz CT molecular complexity index is 440. The fourth-order valence-electron chi connectivity index (χ4n) is 1.36. The van der Waals surface area contributed by atoms with E-state index in [1.165, 1.54) is 30.2 Å². The molecule has 1 N–H and O–H groups in total. The summed E-state index contributed by atoms with van der Waals surface area (Å²) in [5.74, 6) is -0.147. The maximum atomic E-state index is 11.6. The van der Waals surface area contributed by atoms with E-state index in [2.05, 4.69) is 5.32 Å². The molecule has 1 aromatic heterocycles. The van der Waals surface area contributed by atoms with Gasteiger partial charge in [-0.15, -0.1) is 11.3 Å². The van der Waals surface area contributed by atoms with Crippen LogP contribution in [-0.4, -0.2) is 31.0 Å². The molecule has 0 aromatic carbocycles. The summed E-state index contributed by atoms with van der Waals surface area (Å²) in [4.78, 5) is 24.2. The number of amides is 1. The average molecular weight is 273 g/mol. The van der Waals surface area contributed by atoms with Crippen molar-refractivity contribution >= 4 is 40.0 Å². The Morgan fingerprint density at radius 3 is 2.59 bits per heavy atom. The molecule has 6 heteroatoms. The van der Waals surface area contributed by atoms with Crippen molar-refractivity contribution in [3.63, 3.8) is 0 Å². The standard InChI is InChI=1S/C11H15NO3S2/c1-6-7(2)17-10(9(6)11(14)15-3)12-8(13)5-16-4/h5H2,1-4H3,(H,12,13). The van der Waals surface area contributed by atoms with E-state index >= 15 is 0 Å². The van der Waals surface area contributed by atoms with Crippen molar-refractivity contribution < 1.29 is 14.3 Å². The summed E-state index contributed by atoms with van der Waals surface area (Å²) in [5.41, 5.74) is 1.32. The molecule has 1 rings (SSSR count). The predicted molar refractivity (Wildman–Crippen MR) is 72.1 cm³/mol. The van der Waals surface area contributed by atoms with Crippen LogP contribution in [0.1, 0.15) is 20.8 Å².